The van der Waals surface area contributed by atoms with Crippen LogP contribution in [0.2, 0.25) is 0 Å². The van der Waals surface area contributed by atoms with Gasteiger partial charge in [-0.2, -0.15) is 0 Å². The number of carbonyl (C=O) groups excluding carboxylic acids is 3. The Morgan fingerprint density at radius 1 is 0.719 bits per heavy atom. The van der Waals surface area contributed by atoms with E-state index in [1.54, 1.807) is 66.7 Å². The molecule has 0 bridgehead atoms. The zero-order valence-corrected chi connectivity index (χ0v) is 17.3. The van der Waals surface area contributed by atoms with Crippen molar-refractivity contribution in [3.8, 4) is 11.5 Å². The topological polar surface area (TPSA) is 106 Å². The fourth-order valence-electron chi connectivity index (χ4n) is 3.21. The van der Waals surface area contributed by atoms with E-state index in [1.807, 2.05) is 0 Å². The second kappa shape index (κ2) is 9.22. The molecule has 8 nitrogen and oxygen atoms in total. The summed E-state index contributed by atoms with van der Waals surface area (Å²) in [5.41, 5.74) is 2.22. The Morgan fingerprint density at radius 2 is 1.41 bits per heavy atom. The molecule has 0 aliphatic carbocycles. The largest absolute Gasteiger partial charge is 0.486 e. The number of nitrogens with one attached hydrogen (secondary N) is 3. The summed E-state index contributed by atoms with van der Waals surface area (Å²) in [6, 6.07) is 18.4. The molecule has 0 saturated heterocycles. The molecule has 0 aromatic heterocycles. The van der Waals surface area contributed by atoms with Gasteiger partial charge in [0.2, 0.25) is 5.91 Å². The first-order valence-corrected chi connectivity index (χ1v) is 9.98. The van der Waals surface area contributed by atoms with Gasteiger partial charge < -0.3 is 25.4 Å². The Labute approximate surface area is 184 Å². The summed E-state index contributed by atoms with van der Waals surface area (Å²) in [6.07, 6.45) is 0. The van der Waals surface area contributed by atoms with Gasteiger partial charge >= 0.3 is 0 Å². The smallest absolute Gasteiger partial charge is 0.257 e. The van der Waals surface area contributed by atoms with Crippen molar-refractivity contribution in [2.24, 2.45) is 0 Å². The summed E-state index contributed by atoms with van der Waals surface area (Å²) >= 11 is 0. The molecule has 162 valence electrons. The van der Waals surface area contributed by atoms with Gasteiger partial charge in [0, 0.05) is 29.9 Å². The summed E-state index contributed by atoms with van der Waals surface area (Å²) in [4.78, 5) is 36.7. The quantitative estimate of drug-likeness (QED) is 0.568. The first kappa shape index (κ1) is 20.9. The van der Waals surface area contributed by atoms with Gasteiger partial charge in [0.1, 0.15) is 13.2 Å². The van der Waals surface area contributed by atoms with Crippen molar-refractivity contribution in [1.82, 2.24) is 0 Å². The maximum absolute atomic E-state index is 12.9. The van der Waals surface area contributed by atoms with E-state index in [2.05, 4.69) is 16.0 Å². The van der Waals surface area contributed by atoms with Gasteiger partial charge in [-0.3, -0.25) is 14.4 Å². The Bertz CT molecular complexity index is 1170. The van der Waals surface area contributed by atoms with E-state index in [4.69, 9.17) is 9.47 Å². The number of hydrogen-bond donors (Lipinski definition) is 3. The summed E-state index contributed by atoms with van der Waals surface area (Å²) in [7, 11) is 0. The molecular formula is C24H21N3O5. The van der Waals surface area contributed by atoms with Gasteiger partial charge in [0.05, 0.1) is 11.3 Å². The van der Waals surface area contributed by atoms with Gasteiger partial charge in [-0.1, -0.05) is 12.1 Å². The highest BCUT2D eigenvalue weighted by Gasteiger charge is 2.17. The summed E-state index contributed by atoms with van der Waals surface area (Å²) in [6.45, 7) is 2.35. The number of fused-ring (bicyclic) bond motifs is 1. The van der Waals surface area contributed by atoms with Crippen LogP contribution in [0.1, 0.15) is 27.6 Å². The van der Waals surface area contributed by atoms with Crippen molar-refractivity contribution >= 4 is 34.8 Å². The summed E-state index contributed by atoms with van der Waals surface area (Å²) in [5, 5.41) is 8.24. The molecule has 0 radical (unpaired) electrons. The number of anilines is 3. The minimum atomic E-state index is -0.376. The molecular weight excluding hydrogens is 410 g/mol. The van der Waals surface area contributed by atoms with Crippen molar-refractivity contribution in [3.05, 3.63) is 77.9 Å². The van der Waals surface area contributed by atoms with E-state index in [0.29, 0.717) is 52.9 Å². The maximum atomic E-state index is 12.9. The number of carbonyl (C=O) groups is 3. The second-order valence-electron chi connectivity index (χ2n) is 7.07. The summed E-state index contributed by atoms with van der Waals surface area (Å²) < 4.78 is 11.0. The number of hydrogen-bond acceptors (Lipinski definition) is 5. The molecule has 0 fully saturated rings. The number of rotatable bonds is 5. The van der Waals surface area contributed by atoms with Crippen molar-refractivity contribution in [1.29, 1.82) is 0 Å². The third-order valence-electron chi connectivity index (χ3n) is 4.69. The Balaban J connectivity index is 1.48. The van der Waals surface area contributed by atoms with Crippen molar-refractivity contribution < 1.29 is 23.9 Å². The van der Waals surface area contributed by atoms with Gasteiger partial charge in [0.25, 0.3) is 11.8 Å². The van der Waals surface area contributed by atoms with Crippen LogP contribution < -0.4 is 25.4 Å². The van der Waals surface area contributed by atoms with E-state index in [0.717, 1.165) is 0 Å². The maximum Gasteiger partial charge on any atom is 0.257 e. The molecule has 0 spiro atoms. The predicted octanol–water partition coefficient (Wildman–Crippen LogP) is 3.92. The number of amides is 3. The Morgan fingerprint density at radius 3 is 2.16 bits per heavy atom. The van der Waals surface area contributed by atoms with Crippen LogP contribution in [-0.4, -0.2) is 30.9 Å². The van der Waals surface area contributed by atoms with Crippen molar-refractivity contribution in [3.63, 3.8) is 0 Å². The highest BCUT2D eigenvalue weighted by atomic mass is 16.6. The minimum Gasteiger partial charge on any atom is -0.486 e. The van der Waals surface area contributed by atoms with Crippen LogP contribution in [0.5, 0.6) is 11.5 Å². The molecule has 1 heterocycles. The molecule has 4 rings (SSSR count). The molecule has 32 heavy (non-hydrogen) atoms. The number of ether oxygens (including phenoxy) is 2. The van der Waals surface area contributed by atoms with Gasteiger partial charge in [-0.25, -0.2) is 0 Å². The van der Waals surface area contributed by atoms with Crippen LogP contribution in [-0.2, 0) is 4.79 Å². The lowest BCUT2D eigenvalue weighted by Gasteiger charge is -2.19. The van der Waals surface area contributed by atoms with E-state index in [1.165, 1.54) is 6.92 Å². The van der Waals surface area contributed by atoms with Crippen molar-refractivity contribution in [2.45, 2.75) is 6.92 Å². The van der Waals surface area contributed by atoms with Crippen LogP contribution in [0.15, 0.2) is 66.7 Å². The zero-order valence-electron chi connectivity index (χ0n) is 17.3. The van der Waals surface area contributed by atoms with Crippen LogP contribution >= 0.6 is 0 Å². The average molecular weight is 431 g/mol. The third kappa shape index (κ3) is 4.86. The number of para-hydroxylation sites is 1. The Hall–Kier alpha value is -4.33. The fraction of sp³-hybridized carbons (Fsp3) is 0.125. The van der Waals surface area contributed by atoms with Crippen LogP contribution in [0, 0.1) is 0 Å². The standard InChI is InChI=1S/C24H21N3O5/c1-15(28)25-17-8-6-16(7-9-17)23(29)27-20-5-3-2-4-19(20)24(30)26-18-10-11-21-22(14-18)32-13-12-31-21/h2-11,14H,12-13H2,1H3,(H,25,28)(H,26,30)(H,27,29). The molecule has 3 amide bonds. The molecule has 1 aliphatic heterocycles. The molecule has 8 heteroatoms. The minimum absolute atomic E-state index is 0.194. The lowest BCUT2D eigenvalue weighted by molar-refractivity contribution is -0.114. The van der Waals surface area contributed by atoms with Gasteiger partial charge in [0.15, 0.2) is 11.5 Å². The lowest BCUT2D eigenvalue weighted by Crippen LogP contribution is -2.19. The zero-order chi connectivity index (χ0) is 22.5. The molecule has 3 N–H and O–H groups in total. The fourth-order valence-corrected chi connectivity index (χ4v) is 3.21. The Kier molecular flexibility index (Phi) is 6.03. The van der Waals surface area contributed by atoms with Crippen LogP contribution in [0.4, 0.5) is 17.1 Å². The van der Waals surface area contributed by atoms with Crippen LogP contribution in [0.25, 0.3) is 0 Å². The first-order chi connectivity index (χ1) is 15.5. The molecule has 0 atom stereocenters. The van der Waals surface area contributed by atoms with Crippen LogP contribution in [0.3, 0.4) is 0 Å². The van der Waals surface area contributed by atoms with Gasteiger partial charge in [-0.15, -0.1) is 0 Å². The highest BCUT2D eigenvalue weighted by Crippen LogP contribution is 2.33. The summed E-state index contributed by atoms with van der Waals surface area (Å²) in [5.74, 6) is 0.252. The molecule has 0 unspecified atom stereocenters. The van der Waals surface area contributed by atoms with Gasteiger partial charge in [-0.05, 0) is 48.5 Å². The monoisotopic (exact) mass is 431 g/mol. The van der Waals surface area contributed by atoms with Crippen molar-refractivity contribution in [2.75, 3.05) is 29.2 Å². The number of benzene rings is 3. The lowest BCUT2D eigenvalue weighted by atomic mass is 10.1. The van der Waals surface area contributed by atoms with E-state index in [-0.39, 0.29) is 17.7 Å². The van der Waals surface area contributed by atoms with E-state index in [9.17, 15) is 14.4 Å². The third-order valence-corrected chi connectivity index (χ3v) is 4.69. The average Bonchev–Trinajstić information content (AvgIpc) is 2.79. The van der Waals surface area contributed by atoms with E-state index < -0.39 is 0 Å². The highest BCUT2D eigenvalue weighted by molar-refractivity contribution is 6.12. The second-order valence-corrected chi connectivity index (χ2v) is 7.07. The first-order valence-electron chi connectivity index (χ1n) is 9.98. The predicted molar refractivity (Wildman–Crippen MR) is 121 cm³/mol. The normalized spacial score (nSPS) is 11.9. The molecule has 3 aromatic carbocycles. The molecule has 3 aromatic rings. The molecule has 1 aliphatic rings. The molecule has 0 saturated carbocycles. The van der Waals surface area contributed by atoms with E-state index >= 15 is 0 Å². The SMILES string of the molecule is CC(=O)Nc1ccc(C(=O)Nc2ccccc2C(=O)Nc2ccc3c(c2)OCCO3)cc1.